The predicted octanol–water partition coefficient (Wildman–Crippen LogP) is 2.69. The molecule has 4 heterocycles. The molecule has 0 N–H and O–H groups in total. The van der Waals surface area contributed by atoms with Crippen LogP contribution in [0.1, 0.15) is 37.7 Å². The normalized spacial score (nSPS) is 23.9. The fraction of sp³-hybridized carbons (Fsp3) is 0.500. The minimum Gasteiger partial charge on any atom is -0.494 e. The van der Waals surface area contributed by atoms with E-state index in [-0.39, 0.29) is 19.3 Å². The molecule has 1 aromatic carbocycles. The third-order valence-corrected chi connectivity index (χ3v) is 5.30. The van der Waals surface area contributed by atoms with Gasteiger partial charge >= 0.3 is 0 Å². The van der Waals surface area contributed by atoms with Crippen LogP contribution in [0.3, 0.4) is 0 Å². The molecule has 158 valence electrons. The van der Waals surface area contributed by atoms with Gasteiger partial charge in [-0.15, -0.1) is 10.2 Å². The van der Waals surface area contributed by atoms with Gasteiger partial charge in [0.1, 0.15) is 29.8 Å². The van der Waals surface area contributed by atoms with Gasteiger partial charge in [-0.05, 0) is 44.0 Å². The number of benzene rings is 1. The van der Waals surface area contributed by atoms with Crippen LogP contribution in [0, 0.1) is 0 Å². The Labute approximate surface area is 172 Å². The van der Waals surface area contributed by atoms with Crippen molar-refractivity contribution >= 4 is 0 Å². The van der Waals surface area contributed by atoms with Crippen LogP contribution in [0.2, 0.25) is 0 Å². The minimum absolute atomic E-state index is 0.0748. The molecule has 0 radical (unpaired) electrons. The monoisotopic (exact) mass is 414 g/mol. The summed E-state index contributed by atoms with van der Waals surface area (Å²) in [6.07, 6.45) is 2.31. The molecule has 3 aromatic rings. The fourth-order valence-corrected chi connectivity index (χ4v) is 3.74. The second kappa shape index (κ2) is 8.11. The Morgan fingerprint density at radius 3 is 2.80 bits per heavy atom. The Kier molecular flexibility index (Phi) is 5.17. The quantitative estimate of drug-likeness (QED) is 0.613. The van der Waals surface area contributed by atoms with Gasteiger partial charge < -0.3 is 14.2 Å². The number of aromatic nitrogens is 6. The number of alkyl halides is 1. The maximum absolute atomic E-state index is 14.1. The Balaban J connectivity index is 1.52. The van der Waals surface area contributed by atoms with E-state index in [1.54, 1.807) is 10.9 Å². The summed E-state index contributed by atoms with van der Waals surface area (Å²) < 4.78 is 33.8. The maximum Gasteiger partial charge on any atom is 0.185 e. The number of hydrogen-bond acceptors (Lipinski definition) is 7. The molecule has 9 nitrogen and oxygen atoms in total. The van der Waals surface area contributed by atoms with Crippen molar-refractivity contribution in [1.82, 2.24) is 29.8 Å². The zero-order valence-corrected chi connectivity index (χ0v) is 16.6. The third-order valence-electron chi connectivity index (χ3n) is 5.30. The third kappa shape index (κ3) is 3.56. The molecule has 0 bridgehead atoms. The lowest BCUT2D eigenvalue weighted by atomic mass is 10.2. The lowest BCUT2D eigenvalue weighted by molar-refractivity contribution is 0.105. The first-order valence-electron chi connectivity index (χ1n) is 10.2. The van der Waals surface area contributed by atoms with E-state index >= 15 is 0 Å². The molecule has 2 aromatic heterocycles. The second-order valence-electron chi connectivity index (χ2n) is 7.34. The summed E-state index contributed by atoms with van der Waals surface area (Å²) in [7, 11) is 0. The Hall–Kier alpha value is -2.85. The molecule has 0 saturated carbocycles. The smallest absolute Gasteiger partial charge is 0.185 e. The van der Waals surface area contributed by atoms with Gasteiger partial charge in [-0.2, -0.15) is 0 Å². The molecule has 10 heteroatoms. The number of rotatable bonds is 6. The Morgan fingerprint density at radius 1 is 1.23 bits per heavy atom. The fourth-order valence-electron chi connectivity index (χ4n) is 3.74. The molecule has 2 fully saturated rings. The van der Waals surface area contributed by atoms with Crippen molar-refractivity contribution in [3.05, 3.63) is 36.3 Å². The van der Waals surface area contributed by atoms with E-state index in [9.17, 15) is 4.39 Å². The van der Waals surface area contributed by atoms with Crippen molar-refractivity contribution in [2.75, 3.05) is 26.4 Å². The zero-order valence-electron chi connectivity index (χ0n) is 16.6. The van der Waals surface area contributed by atoms with Crippen LogP contribution >= 0.6 is 0 Å². The van der Waals surface area contributed by atoms with Crippen molar-refractivity contribution in [2.24, 2.45) is 0 Å². The topological polar surface area (TPSA) is 89.1 Å². The predicted molar refractivity (Wildman–Crippen MR) is 104 cm³/mol. The highest BCUT2D eigenvalue weighted by Crippen LogP contribution is 2.30. The van der Waals surface area contributed by atoms with E-state index in [4.69, 9.17) is 24.3 Å². The standard InChI is InChI=1S/C20H23FN6O3/c1-2-29-14-7-5-13(6-8-14)27-20(22-19(24-27)18-4-3-9-30-18)16-10-26(25-23-16)17-12-28-11-15(17)21/h5-8,10,15,17-18H,2-4,9,11-12H2,1H3/t15-,17+,18?/m0/s1. The van der Waals surface area contributed by atoms with Gasteiger partial charge in [-0.1, -0.05) is 5.21 Å². The van der Waals surface area contributed by atoms with E-state index < -0.39 is 12.2 Å². The largest absolute Gasteiger partial charge is 0.494 e. The second-order valence-corrected chi connectivity index (χ2v) is 7.34. The summed E-state index contributed by atoms with van der Waals surface area (Å²) in [6, 6.07) is 7.11. The first-order valence-corrected chi connectivity index (χ1v) is 10.2. The van der Waals surface area contributed by atoms with Gasteiger partial charge in [0.15, 0.2) is 11.6 Å². The molecule has 3 atom stereocenters. The summed E-state index contributed by atoms with van der Waals surface area (Å²) in [5.74, 6) is 1.92. The van der Waals surface area contributed by atoms with Crippen LogP contribution in [0.15, 0.2) is 30.5 Å². The van der Waals surface area contributed by atoms with Gasteiger partial charge in [-0.3, -0.25) is 0 Å². The van der Waals surface area contributed by atoms with Crippen molar-refractivity contribution in [1.29, 1.82) is 0 Å². The number of nitrogens with zero attached hydrogens (tertiary/aromatic N) is 6. The van der Waals surface area contributed by atoms with Gasteiger partial charge in [0.25, 0.3) is 0 Å². The maximum atomic E-state index is 14.1. The van der Waals surface area contributed by atoms with Gasteiger partial charge in [0, 0.05) is 6.61 Å². The SMILES string of the molecule is CCOc1ccc(-n2nc(C3CCCO3)nc2-c2cn([C@@H]3COC[C@@H]3F)nn2)cc1. The molecular formula is C20H23FN6O3. The zero-order chi connectivity index (χ0) is 20.5. The summed E-state index contributed by atoms with van der Waals surface area (Å²) in [5, 5.41) is 13.1. The van der Waals surface area contributed by atoms with E-state index in [2.05, 4.69) is 10.3 Å². The summed E-state index contributed by atoms with van der Waals surface area (Å²) in [4.78, 5) is 4.71. The number of halogens is 1. The molecule has 0 spiro atoms. The first-order chi connectivity index (χ1) is 14.7. The number of hydrogen-bond donors (Lipinski definition) is 0. The van der Waals surface area contributed by atoms with E-state index in [1.807, 2.05) is 31.2 Å². The van der Waals surface area contributed by atoms with Gasteiger partial charge in [0.2, 0.25) is 0 Å². The summed E-state index contributed by atoms with van der Waals surface area (Å²) in [5.41, 5.74) is 1.33. The Bertz CT molecular complexity index is 998. The summed E-state index contributed by atoms with van der Waals surface area (Å²) >= 11 is 0. The highest BCUT2D eigenvalue weighted by Gasteiger charge is 2.32. The van der Waals surface area contributed by atoms with E-state index in [0.717, 1.165) is 24.3 Å². The van der Waals surface area contributed by atoms with Crippen LogP contribution < -0.4 is 4.74 Å². The molecule has 0 amide bonds. The van der Waals surface area contributed by atoms with Crippen molar-refractivity contribution < 1.29 is 18.6 Å². The number of ether oxygens (including phenoxy) is 3. The van der Waals surface area contributed by atoms with E-state index in [0.29, 0.717) is 30.6 Å². The van der Waals surface area contributed by atoms with Crippen molar-refractivity contribution in [2.45, 2.75) is 38.1 Å². The van der Waals surface area contributed by atoms with Crippen LogP contribution in [0.4, 0.5) is 4.39 Å². The summed E-state index contributed by atoms with van der Waals surface area (Å²) in [6.45, 7) is 3.59. The van der Waals surface area contributed by atoms with Gasteiger partial charge in [0.05, 0.1) is 31.7 Å². The molecule has 2 saturated heterocycles. The highest BCUT2D eigenvalue weighted by atomic mass is 19.1. The van der Waals surface area contributed by atoms with Crippen LogP contribution in [-0.4, -0.2) is 62.4 Å². The van der Waals surface area contributed by atoms with E-state index in [1.165, 1.54) is 4.68 Å². The first kappa shape index (κ1) is 19.1. The van der Waals surface area contributed by atoms with Crippen LogP contribution in [-0.2, 0) is 9.47 Å². The highest BCUT2D eigenvalue weighted by molar-refractivity contribution is 5.52. The molecule has 2 aliphatic heterocycles. The minimum atomic E-state index is -1.11. The molecule has 2 aliphatic rings. The average molecular weight is 414 g/mol. The molecule has 5 rings (SSSR count). The van der Waals surface area contributed by atoms with Crippen LogP contribution in [0.5, 0.6) is 5.75 Å². The van der Waals surface area contributed by atoms with Crippen molar-refractivity contribution in [3.8, 4) is 23.0 Å². The molecular weight excluding hydrogens is 391 g/mol. The van der Waals surface area contributed by atoms with Crippen molar-refractivity contribution in [3.63, 3.8) is 0 Å². The lowest BCUT2D eigenvalue weighted by Crippen LogP contribution is -2.19. The van der Waals surface area contributed by atoms with Crippen LogP contribution in [0.25, 0.3) is 17.2 Å². The van der Waals surface area contributed by atoms with Gasteiger partial charge in [-0.25, -0.2) is 18.7 Å². The molecule has 30 heavy (non-hydrogen) atoms. The molecule has 0 aliphatic carbocycles. The lowest BCUT2D eigenvalue weighted by Gasteiger charge is -2.09. The average Bonchev–Trinajstić information content (AvgIpc) is 3.54. The molecule has 1 unspecified atom stereocenters. The Morgan fingerprint density at radius 2 is 2.10 bits per heavy atom.